The van der Waals surface area contributed by atoms with Crippen LogP contribution in [0.25, 0.3) is 11.1 Å². The molecule has 0 saturated carbocycles. The molecule has 1 amide bonds. The molecule has 1 aromatic carbocycles. The van der Waals surface area contributed by atoms with Gasteiger partial charge in [0.05, 0.1) is 13.7 Å². The lowest BCUT2D eigenvalue weighted by Crippen LogP contribution is -2.56. The van der Waals surface area contributed by atoms with Crippen molar-refractivity contribution in [2.45, 2.75) is 24.9 Å². The summed E-state index contributed by atoms with van der Waals surface area (Å²) >= 11 is 0. The quantitative estimate of drug-likeness (QED) is 0.824. The third-order valence-electron chi connectivity index (χ3n) is 5.12. The van der Waals surface area contributed by atoms with Crippen molar-refractivity contribution in [3.63, 3.8) is 0 Å². The highest BCUT2D eigenvalue weighted by Gasteiger charge is 2.46. The molecule has 2 heterocycles. The zero-order valence-corrected chi connectivity index (χ0v) is 15.3. The number of rotatable bonds is 7. The summed E-state index contributed by atoms with van der Waals surface area (Å²) in [6.45, 7) is 1.68. The second-order valence-corrected chi connectivity index (χ2v) is 6.62. The van der Waals surface area contributed by atoms with Crippen LogP contribution in [0.3, 0.4) is 0 Å². The minimum absolute atomic E-state index is 0.300. The highest BCUT2D eigenvalue weighted by molar-refractivity contribution is 5.85. The van der Waals surface area contributed by atoms with Crippen LogP contribution in [0.4, 0.5) is 0 Å². The van der Waals surface area contributed by atoms with E-state index in [2.05, 4.69) is 16.0 Å². The Morgan fingerprint density at radius 1 is 1.23 bits per heavy atom. The van der Waals surface area contributed by atoms with Gasteiger partial charge in [-0.3, -0.25) is 14.7 Å². The fraction of sp³-hybridized carbons (Fsp3) is 0.400. The van der Waals surface area contributed by atoms with E-state index in [1.165, 1.54) is 0 Å². The summed E-state index contributed by atoms with van der Waals surface area (Å²) in [6, 6.07) is 10.0. The molecule has 1 aromatic heterocycles. The van der Waals surface area contributed by atoms with Crippen molar-refractivity contribution in [3.8, 4) is 16.9 Å². The second-order valence-electron chi connectivity index (χ2n) is 6.62. The number of amides is 1. The maximum Gasteiger partial charge on any atom is 0.240 e. The third kappa shape index (κ3) is 3.43. The third-order valence-corrected chi connectivity index (χ3v) is 5.12. The van der Waals surface area contributed by atoms with Crippen LogP contribution in [0, 0.1) is 0 Å². The average Bonchev–Trinajstić information content (AvgIpc) is 3.06. The molecule has 2 N–H and O–H groups in total. The van der Waals surface area contributed by atoms with Gasteiger partial charge in [-0.25, -0.2) is 0 Å². The summed E-state index contributed by atoms with van der Waals surface area (Å²) in [6.07, 6.45) is 5.17. The molecule has 1 saturated heterocycles. The molecule has 1 aliphatic rings. The first-order chi connectivity index (χ1) is 12.6. The van der Waals surface area contributed by atoms with Gasteiger partial charge in [-0.05, 0) is 54.8 Å². The van der Waals surface area contributed by atoms with Crippen LogP contribution in [0.1, 0.15) is 18.4 Å². The van der Waals surface area contributed by atoms with Crippen LogP contribution in [-0.4, -0.2) is 48.7 Å². The number of primary amides is 1. The van der Waals surface area contributed by atoms with Gasteiger partial charge in [-0.1, -0.05) is 6.07 Å². The van der Waals surface area contributed by atoms with Gasteiger partial charge in [0, 0.05) is 31.6 Å². The van der Waals surface area contributed by atoms with Gasteiger partial charge in [0.15, 0.2) is 0 Å². The molecular formula is C20H25N3O3. The maximum absolute atomic E-state index is 12.2. The summed E-state index contributed by atoms with van der Waals surface area (Å²) in [5.41, 5.74) is 8.19. The Balaban J connectivity index is 1.94. The molecule has 0 bridgehead atoms. The van der Waals surface area contributed by atoms with E-state index in [9.17, 15) is 4.79 Å². The minimum atomic E-state index is -0.758. The second kappa shape index (κ2) is 7.85. The van der Waals surface area contributed by atoms with Crippen molar-refractivity contribution >= 4 is 5.91 Å². The van der Waals surface area contributed by atoms with Crippen molar-refractivity contribution in [1.29, 1.82) is 0 Å². The first kappa shape index (κ1) is 18.4. The van der Waals surface area contributed by atoms with E-state index in [0.29, 0.717) is 19.6 Å². The lowest BCUT2D eigenvalue weighted by atomic mass is 9.95. The van der Waals surface area contributed by atoms with Crippen molar-refractivity contribution in [1.82, 2.24) is 9.88 Å². The van der Waals surface area contributed by atoms with Crippen LogP contribution >= 0.6 is 0 Å². The Kier molecular flexibility index (Phi) is 5.54. The molecular weight excluding hydrogens is 330 g/mol. The predicted octanol–water partition coefficient (Wildman–Crippen LogP) is 2.22. The zero-order valence-electron chi connectivity index (χ0n) is 15.3. The van der Waals surface area contributed by atoms with Crippen molar-refractivity contribution in [2.24, 2.45) is 5.73 Å². The smallest absolute Gasteiger partial charge is 0.240 e. The Hall–Kier alpha value is -2.44. The monoisotopic (exact) mass is 355 g/mol. The molecule has 6 heteroatoms. The molecule has 0 aliphatic carbocycles. The fourth-order valence-electron chi connectivity index (χ4n) is 3.75. The average molecular weight is 355 g/mol. The molecule has 2 aromatic rings. The number of methoxy groups -OCH3 is 2. The summed E-state index contributed by atoms with van der Waals surface area (Å²) in [5, 5.41) is 0. The van der Waals surface area contributed by atoms with Gasteiger partial charge in [-0.15, -0.1) is 0 Å². The van der Waals surface area contributed by atoms with Gasteiger partial charge < -0.3 is 15.2 Å². The van der Waals surface area contributed by atoms with Crippen LogP contribution in [0.5, 0.6) is 5.75 Å². The normalized spacial score (nSPS) is 20.2. The SMILES string of the molecule is COCC1(C(N)=O)CCCN1Cc1cc(-c2ccncc2)ccc1OC. The van der Waals surface area contributed by atoms with E-state index in [1.807, 2.05) is 24.3 Å². The molecule has 6 nitrogen and oxygen atoms in total. The highest BCUT2D eigenvalue weighted by atomic mass is 16.5. The Morgan fingerprint density at radius 3 is 2.65 bits per heavy atom. The summed E-state index contributed by atoms with van der Waals surface area (Å²) < 4.78 is 10.9. The van der Waals surface area contributed by atoms with Crippen LogP contribution in [-0.2, 0) is 16.1 Å². The number of aromatic nitrogens is 1. The van der Waals surface area contributed by atoms with E-state index in [1.54, 1.807) is 26.6 Å². The summed E-state index contributed by atoms with van der Waals surface area (Å²) in [5.74, 6) is 0.464. The first-order valence-electron chi connectivity index (χ1n) is 8.72. The van der Waals surface area contributed by atoms with Crippen molar-refractivity contribution in [3.05, 3.63) is 48.3 Å². The standard InChI is InChI=1S/C20H25N3O3/c1-25-14-20(19(21)24)8-3-11-23(20)13-17-12-16(4-5-18(17)26-2)15-6-9-22-10-7-15/h4-7,9-10,12H,3,8,11,13-14H2,1-2H3,(H2,21,24). The molecule has 138 valence electrons. The topological polar surface area (TPSA) is 77.7 Å². The molecule has 1 atom stereocenters. The number of ether oxygens (including phenoxy) is 2. The lowest BCUT2D eigenvalue weighted by molar-refractivity contribution is -0.132. The van der Waals surface area contributed by atoms with Crippen LogP contribution in [0.15, 0.2) is 42.7 Å². The number of hydrogen-bond donors (Lipinski definition) is 1. The number of nitrogens with two attached hydrogens (primary N) is 1. The highest BCUT2D eigenvalue weighted by Crippen LogP contribution is 2.34. The zero-order chi connectivity index (χ0) is 18.6. The van der Waals surface area contributed by atoms with Crippen molar-refractivity contribution < 1.29 is 14.3 Å². The van der Waals surface area contributed by atoms with Gasteiger partial charge in [0.25, 0.3) is 0 Å². The molecule has 26 heavy (non-hydrogen) atoms. The van der Waals surface area contributed by atoms with E-state index in [4.69, 9.17) is 15.2 Å². The van der Waals surface area contributed by atoms with Gasteiger partial charge in [0.1, 0.15) is 11.3 Å². The molecule has 1 aliphatic heterocycles. The van der Waals surface area contributed by atoms with Gasteiger partial charge in [0.2, 0.25) is 5.91 Å². The largest absolute Gasteiger partial charge is 0.496 e. The van der Waals surface area contributed by atoms with Gasteiger partial charge in [-0.2, -0.15) is 0 Å². The molecule has 0 radical (unpaired) electrons. The molecule has 0 spiro atoms. The van der Waals surface area contributed by atoms with Gasteiger partial charge >= 0.3 is 0 Å². The fourth-order valence-corrected chi connectivity index (χ4v) is 3.75. The Bertz CT molecular complexity index is 766. The number of carbonyl (C=O) groups excluding carboxylic acids is 1. The minimum Gasteiger partial charge on any atom is -0.496 e. The Labute approximate surface area is 153 Å². The Morgan fingerprint density at radius 2 is 2.00 bits per heavy atom. The van der Waals surface area contributed by atoms with Crippen LogP contribution in [0.2, 0.25) is 0 Å². The number of pyridine rings is 1. The van der Waals surface area contributed by atoms with E-state index in [-0.39, 0.29) is 5.91 Å². The number of likely N-dealkylation sites (tertiary alicyclic amines) is 1. The lowest BCUT2D eigenvalue weighted by Gasteiger charge is -2.35. The van der Waals surface area contributed by atoms with E-state index in [0.717, 1.165) is 35.4 Å². The molecule has 1 unspecified atom stereocenters. The molecule has 3 rings (SSSR count). The number of benzene rings is 1. The van der Waals surface area contributed by atoms with E-state index >= 15 is 0 Å². The number of hydrogen-bond acceptors (Lipinski definition) is 5. The summed E-state index contributed by atoms with van der Waals surface area (Å²) in [4.78, 5) is 18.4. The number of carbonyl (C=O) groups is 1. The maximum atomic E-state index is 12.2. The first-order valence-corrected chi connectivity index (χ1v) is 8.72. The predicted molar refractivity (Wildman–Crippen MR) is 99.7 cm³/mol. The number of nitrogens with zero attached hydrogens (tertiary/aromatic N) is 2. The van der Waals surface area contributed by atoms with Crippen LogP contribution < -0.4 is 10.5 Å². The summed E-state index contributed by atoms with van der Waals surface area (Å²) in [7, 11) is 3.26. The molecule has 1 fully saturated rings. The van der Waals surface area contributed by atoms with Crippen molar-refractivity contribution in [2.75, 3.05) is 27.4 Å². The van der Waals surface area contributed by atoms with E-state index < -0.39 is 5.54 Å².